The van der Waals surface area contributed by atoms with Crippen molar-refractivity contribution in [3.05, 3.63) is 130 Å². The van der Waals surface area contributed by atoms with Crippen LogP contribution in [0.5, 0.6) is 0 Å². The van der Waals surface area contributed by atoms with Gasteiger partial charge in [0.05, 0.1) is 10.6 Å². The largest absolute Gasteiger partial charge is 0.352 e. The van der Waals surface area contributed by atoms with Crippen molar-refractivity contribution in [2.24, 2.45) is 0 Å². The molecular weight excluding hydrogens is 617 g/mol. The molecule has 230 valence electrons. The zero-order valence-electron chi connectivity index (χ0n) is 24.8. The van der Waals surface area contributed by atoms with Crippen LogP contribution in [-0.2, 0) is 32.6 Å². The highest BCUT2D eigenvalue weighted by atomic mass is 35.5. The molecule has 10 heteroatoms. The summed E-state index contributed by atoms with van der Waals surface area (Å²) < 4.78 is 29.1. The molecular formula is C34H35Cl2N3O4S. The molecule has 44 heavy (non-hydrogen) atoms. The Morgan fingerprint density at radius 2 is 1.45 bits per heavy atom. The van der Waals surface area contributed by atoms with Crippen LogP contribution in [0.4, 0.5) is 5.69 Å². The van der Waals surface area contributed by atoms with E-state index in [9.17, 15) is 18.0 Å². The van der Waals surface area contributed by atoms with Crippen molar-refractivity contribution in [2.75, 3.05) is 10.8 Å². The number of halogens is 2. The van der Waals surface area contributed by atoms with E-state index in [1.165, 1.54) is 17.0 Å². The summed E-state index contributed by atoms with van der Waals surface area (Å²) in [6.07, 6.45) is 0.201. The Kier molecular flexibility index (Phi) is 11.1. The Balaban J connectivity index is 1.81. The van der Waals surface area contributed by atoms with E-state index in [4.69, 9.17) is 23.2 Å². The van der Waals surface area contributed by atoms with E-state index in [-0.39, 0.29) is 29.8 Å². The monoisotopic (exact) mass is 651 g/mol. The minimum atomic E-state index is -4.16. The number of nitrogens with zero attached hydrogens (tertiary/aromatic N) is 2. The van der Waals surface area contributed by atoms with Crippen molar-refractivity contribution in [2.45, 2.75) is 50.7 Å². The van der Waals surface area contributed by atoms with E-state index in [1.807, 2.05) is 51.1 Å². The third-order valence-corrected chi connectivity index (χ3v) is 9.36. The normalized spacial score (nSPS) is 12.0. The van der Waals surface area contributed by atoms with Gasteiger partial charge in [0.15, 0.2) is 0 Å². The molecule has 4 aromatic rings. The van der Waals surface area contributed by atoms with Gasteiger partial charge in [-0.25, -0.2) is 8.42 Å². The zero-order chi connectivity index (χ0) is 31.9. The molecule has 0 spiro atoms. The average Bonchev–Trinajstić information content (AvgIpc) is 2.99. The summed E-state index contributed by atoms with van der Waals surface area (Å²) in [6.45, 7) is 4.97. The van der Waals surface area contributed by atoms with Crippen molar-refractivity contribution < 1.29 is 18.0 Å². The maximum Gasteiger partial charge on any atom is 0.264 e. The molecule has 0 fully saturated rings. The lowest BCUT2D eigenvalue weighted by Gasteiger charge is -2.34. The summed E-state index contributed by atoms with van der Waals surface area (Å²) in [6, 6.07) is 28.0. The van der Waals surface area contributed by atoms with Gasteiger partial charge in [0.1, 0.15) is 12.6 Å². The molecule has 2 amide bonds. The topological polar surface area (TPSA) is 86.8 Å². The number of hydrogen-bond donors (Lipinski definition) is 1. The first-order valence-electron chi connectivity index (χ1n) is 14.2. The lowest BCUT2D eigenvalue weighted by Crippen LogP contribution is -2.54. The Morgan fingerprint density at radius 1 is 0.841 bits per heavy atom. The summed E-state index contributed by atoms with van der Waals surface area (Å²) in [7, 11) is -4.16. The van der Waals surface area contributed by atoms with Crippen molar-refractivity contribution in [3.8, 4) is 0 Å². The van der Waals surface area contributed by atoms with Gasteiger partial charge in [-0.05, 0) is 68.3 Å². The number of nitrogens with one attached hydrogen (secondary N) is 1. The van der Waals surface area contributed by atoms with E-state index in [0.717, 1.165) is 15.4 Å². The van der Waals surface area contributed by atoms with Crippen LogP contribution < -0.4 is 9.62 Å². The van der Waals surface area contributed by atoms with Gasteiger partial charge in [-0.1, -0.05) is 95.5 Å². The number of amides is 2. The number of aryl methyl sites for hydroxylation is 1. The van der Waals surface area contributed by atoms with Crippen LogP contribution in [0.25, 0.3) is 0 Å². The second-order valence-corrected chi connectivity index (χ2v) is 13.5. The van der Waals surface area contributed by atoms with Crippen molar-refractivity contribution in [1.82, 2.24) is 10.2 Å². The maximum atomic E-state index is 14.4. The predicted octanol–water partition coefficient (Wildman–Crippen LogP) is 6.66. The van der Waals surface area contributed by atoms with Crippen LogP contribution >= 0.6 is 23.2 Å². The summed E-state index contributed by atoms with van der Waals surface area (Å²) in [5.74, 6) is -0.939. The molecule has 1 unspecified atom stereocenters. The SMILES string of the molecule is Cc1ccc(N(CC(=O)N(Cc2ccc(Cl)cc2Cl)C(Cc2ccccc2)C(=O)NC(C)C)S(=O)(=O)c2ccccc2)cc1. The minimum Gasteiger partial charge on any atom is -0.352 e. The van der Waals surface area contributed by atoms with E-state index in [1.54, 1.807) is 60.7 Å². The number of anilines is 1. The van der Waals surface area contributed by atoms with E-state index < -0.39 is 28.5 Å². The smallest absolute Gasteiger partial charge is 0.264 e. The average molecular weight is 653 g/mol. The fourth-order valence-corrected chi connectivity index (χ4v) is 6.63. The lowest BCUT2D eigenvalue weighted by molar-refractivity contribution is -0.140. The maximum absolute atomic E-state index is 14.4. The molecule has 0 aliphatic heterocycles. The third kappa shape index (κ3) is 8.40. The Hall–Kier alpha value is -3.85. The molecule has 1 N–H and O–H groups in total. The fraction of sp³-hybridized carbons (Fsp3) is 0.235. The molecule has 0 heterocycles. The molecule has 0 radical (unpaired) electrons. The molecule has 4 rings (SSSR count). The van der Waals surface area contributed by atoms with Gasteiger partial charge in [-0.3, -0.25) is 13.9 Å². The Morgan fingerprint density at radius 3 is 2.05 bits per heavy atom. The van der Waals surface area contributed by atoms with Crippen LogP contribution in [-0.4, -0.2) is 43.8 Å². The zero-order valence-corrected chi connectivity index (χ0v) is 27.1. The van der Waals surface area contributed by atoms with Crippen LogP contribution in [0.2, 0.25) is 10.0 Å². The van der Waals surface area contributed by atoms with Crippen LogP contribution in [0, 0.1) is 6.92 Å². The standard InChI is InChI=1S/C34H35Cl2N3O4S/c1-24(2)37-34(41)32(20-26-10-6-4-7-11-26)38(22-27-16-17-28(35)21-31(27)36)33(40)23-39(29-18-14-25(3)15-19-29)44(42,43)30-12-8-5-9-13-30/h4-19,21,24,32H,20,22-23H2,1-3H3,(H,37,41). The minimum absolute atomic E-state index is 0.0408. The number of sulfonamides is 1. The molecule has 0 aromatic heterocycles. The quantitative estimate of drug-likeness (QED) is 0.186. The Labute approximate surface area is 269 Å². The highest BCUT2D eigenvalue weighted by molar-refractivity contribution is 7.92. The van der Waals surface area contributed by atoms with Crippen LogP contribution in [0.1, 0.15) is 30.5 Å². The summed E-state index contributed by atoms with van der Waals surface area (Å²) in [4.78, 5) is 29.6. The first-order valence-corrected chi connectivity index (χ1v) is 16.4. The molecule has 0 aliphatic carbocycles. The lowest BCUT2D eigenvalue weighted by atomic mass is 10.0. The number of carbonyl (C=O) groups is 2. The van der Waals surface area contributed by atoms with Gasteiger partial charge >= 0.3 is 0 Å². The first kappa shape index (κ1) is 33.1. The third-order valence-electron chi connectivity index (χ3n) is 6.99. The van der Waals surface area contributed by atoms with Crippen molar-refractivity contribution in [3.63, 3.8) is 0 Å². The first-order chi connectivity index (χ1) is 21.0. The fourth-order valence-electron chi connectivity index (χ4n) is 4.73. The molecule has 4 aromatic carbocycles. The highest BCUT2D eigenvalue weighted by Gasteiger charge is 2.35. The van der Waals surface area contributed by atoms with E-state index in [0.29, 0.717) is 21.3 Å². The number of carbonyl (C=O) groups excluding carboxylic acids is 2. The predicted molar refractivity (Wildman–Crippen MR) is 176 cm³/mol. The van der Waals surface area contributed by atoms with E-state index in [2.05, 4.69) is 5.32 Å². The second kappa shape index (κ2) is 14.8. The summed E-state index contributed by atoms with van der Waals surface area (Å²) in [5.41, 5.74) is 2.66. The van der Waals surface area contributed by atoms with Crippen molar-refractivity contribution in [1.29, 1.82) is 0 Å². The van der Waals surface area contributed by atoms with Gasteiger partial charge in [0.2, 0.25) is 11.8 Å². The number of rotatable bonds is 12. The molecule has 0 saturated heterocycles. The van der Waals surface area contributed by atoms with Gasteiger partial charge in [-0.2, -0.15) is 0 Å². The molecule has 0 aliphatic rings. The summed E-state index contributed by atoms with van der Waals surface area (Å²) >= 11 is 12.7. The number of benzene rings is 4. The molecule has 1 atom stereocenters. The van der Waals surface area contributed by atoms with Gasteiger partial charge < -0.3 is 10.2 Å². The number of hydrogen-bond acceptors (Lipinski definition) is 4. The second-order valence-electron chi connectivity index (χ2n) is 10.8. The van der Waals surface area contributed by atoms with E-state index >= 15 is 0 Å². The summed E-state index contributed by atoms with van der Waals surface area (Å²) in [5, 5.41) is 3.69. The van der Waals surface area contributed by atoms with Gasteiger partial charge in [-0.15, -0.1) is 0 Å². The van der Waals surface area contributed by atoms with Gasteiger partial charge in [0, 0.05) is 29.1 Å². The van der Waals surface area contributed by atoms with Gasteiger partial charge in [0.25, 0.3) is 10.0 Å². The molecule has 7 nitrogen and oxygen atoms in total. The molecule has 0 saturated carbocycles. The van der Waals surface area contributed by atoms with Crippen LogP contribution in [0.15, 0.2) is 108 Å². The molecule has 0 bridgehead atoms. The Bertz CT molecular complexity index is 1680. The highest BCUT2D eigenvalue weighted by Crippen LogP contribution is 2.27. The van der Waals surface area contributed by atoms with Crippen molar-refractivity contribution >= 4 is 50.7 Å². The van der Waals surface area contributed by atoms with Crippen LogP contribution in [0.3, 0.4) is 0 Å².